The molecule has 0 aliphatic carbocycles. The molecule has 1 aromatic heterocycles. The molecule has 1 N–H and O–H groups in total. The summed E-state index contributed by atoms with van der Waals surface area (Å²) in [5, 5.41) is 2.68. The molecule has 2 rings (SSSR count). The van der Waals surface area contributed by atoms with E-state index in [2.05, 4.69) is 42.0 Å². The fraction of sp³-hybridized carbons (Fsp3) is 0.600. The molecule has 1 aliphatic rings. The molecule has 4 nitrogen and oxygen atoms in total. The fourth-order valence-electron chi connectivity index (χ4n) is 2.31. The van der Waals surface area contributed by atoms with Crippen LogP contribution in [0.15, 0.2) is 12.3 Å². The van der Waals surface area contributed by atoms with Gasteiger partial charge in [0.25, 0.3) is 0 Å². The van der Waals surface area contributed by atoms with Crippen molar-refractivity contribution in [1.29, 1.82) is 0 Å². The summed E-state index contributed by atoms with van der Waals surface area (Å²) in [6, 6.07) is 2.25. The lowest BCUT2D eigenvalue weighted by Crippen LogP contribution is -2.39. The van der Waals surface area contributed by atoms with Crippen molar-refractivity contribution >= 4 is 5.91 Å². The maximum Gasteiger partial charge on any atom is 0.233 e. The number of nitrogens with one attached hydrogen (secondary N) is 1. The van der Waals surface area contributed by atoms with Crippen LogP contribution in [0.4, 0.5) is 0 Å². The van der Waals surface area contributed by atoms with Crippen LogP contribution in [0.2, 0.25) is 0 Å². The number of fused-ring (bicyclic) bond motifs is 1. The van der Waals surface area contributed by atoms with Crippen LogP contribution in [0.1, 0.15) is 37.6 Å². The molecule has 19 heavy (non-hydrogen) atoms. The Kier molecular flexibility index (Phi) is 3.90. The maximum atomic E-state index is 11.4. The van der Waals surface area contributed by atoms with Gasteiger partial charge in [-0.1, -0.05) is 26.8 Å². The Morgan fingerprint density at radius 2 is 2.21 bits per heavy atom. The van der Waals surface area contributed by atoms with E-state index in [-0.39, 0.29) is 11.3 Å². The minimum absolute atomic E-state index is 0.0726. The number of pyridine rings is 1. The molecule has 0 aromatic carbocycles. The zero-order valence-electron chi connectivity index (χ0n) is 12.3. The van der Waals surface area contributed by atoms with Crippen molar-refractivity contribution in [3.05, 3.63) is 29.1 Å². The van der Waals surface area contributed by atoms with Gasteiger partial charge in [-0.25, -0.2) is 0 Å². The molecule has 2 heterocycles. The second-order valence-electron chi connectivity index (χ2n) is 6.21. The summed E-state index contributed by atoms with van der Waals surface area (Å²) in [6.45, 7) is 8.78. The van der Waals surface area contributed by atoms with Gasteiger partial charge in [-0.2, -0.15) is 0 Å². The van der Waals surface area contributed by atoms with E-state index in [1.165, 1.54) is 16.8 Å². The summed E-state index contributed by atoms with van der Waals surface area (Å²) >= 11 is 0. The summed E-state index contributed by atoms with van der Waals surface area (Å²) in [5.41, 5.74) is 3.82. The van der Waals surface area contributed by atoms with Gasteiger partial charge in [-0.15, -0.1) is 0 Å². The zero-order chi connectivity index (χ0) is 14.0. The molecule has 0 spiro atoms. The number of carbonyl (C=O) groups is 1. The molecule has 4 heteroatoms. The molecule has 0 unspecified atom stereocenters. The van der Waals surface area contributed by atoms with Crippen molar-refractivity contribution < 1.29 is 4.79 Å². The van der Waals surface area contributed by atoms with Crippen LogP contribution in [0.3, 0.4) is 0 Å². The molecule has 0 radical (unpaired) electrons. The minimum atomic E-state index is 0.0726. The van der Waals surface area contributed by atoms with E-state index in [1.54, 1.807) is 7.05 Å². The van der Waals surface area contributed by atoms with E-state index in [0.29, 0.717) is 6.54 Å². The van der Waals surface area contributed by atoms with E-state index in [0.717, 1.165) is 19.5 Å². The molecular formula is C15H23N3O. The van der Waals surface area contributed by atoms with Crippen molar-refractivity contribution in [2.45, 2.75) is 39.2 Å². The van der Waals surface area contributed by atoms with Crippen LogP contribution in [0.5, 0.6) is 0 Å². The molecular weight excluding hydrogens is 238 g/mol. The lowest BCUT2D eigenvalue weighted by atomic mass is 9.86. The third-order valence-corrected chi connectivity index (χ3v) is 3.63. The van der Waals surface area contributed by atoms with Crippen LogP contribution >= 0.6 is 0 Å². The summed E-state index contributed by atoms with van der Waals surface area (Å²) < 4.78 is 0. The van der Waals surface area contributed by atoms with Crippen LogP contribution in [-0.2, 0) is 23.2 Å². The number of amides is 1. The first-order valence-corrected chi connectivity index (χ1v) is 6.81. The third kappa shape index (κ3) is 3.32. The van der Waals surface area contributed by atoms with Crippen molar-refractivity contribution in [2.24, 2.45) is 0 Å². The Morgan fingerprint density at radius 1 is 1.47 bits per heavy atom. The lowest BCUT2D eigenvalue weighted by molar-refractivity contribution is -0.121. The second kappa shape index (κ2) is 5.29. The van der Waals surface area contributed by atoms with E-state index in [1.807, 2.05) is 6.20 Å². The van der Waals surface area contributed by atoms with Gasteiger partial charge in [-0.3, -0.25) is 14.7 Å². The summed E-state index contributed by atoms with van der Waals surface area (Å²) in [5.74, 6) is 0.0726. The van der Waals surface area contributed by atoms with Crippen molar-refractivity contribution in [1.82, 2.24) is 15.2 Å². The van der Waals surface area contributed by atoms with Gasteiger partial charge in [0.15, 0.2) is 0 Å². The topological polar surface area (TPSA) is 45.2 Å². The molecule has 1 amide bonds. The fourth-order valence-corrected chi connectivity index (χ4v) is 2.31. The highest BCUT2D eigenvalue weighted by Gasteiger charge is 2.22. The Labute approximate surface area is 115 Å². The number of likely N-dealkylation sites (N-methyl/N-ethyl adjacent to an activating group) is 1. The molecule has 104 valence electrons. The summed E-state index contributed by atoms with van der Waals surface area (Å²) in [4.78, 5) is 18.2. The van der Waals surface area contributed by atoms with Gasteiger partial charge >= 0.3 is 0 Å². The monoisotopic (exact) mass is 261 g/mol. The SMILES string of the molecule is CNC(=O)CN1CCc2ncc(C(C)(C)C)cc2C1. The van der Waals surface area contributed by atoms with Gasteiger partial charge in [0, 0.05) is 38.4 Å². The molecule has 1 aliphatic heterocycles. The van der Waals surface area contributed by atoms with Crippen LogP contribution < -0.4 is 5.32 Å². The van der Waals surface area contributed by atoms with Crippen molar-refractivity contribution in [3.63, 3.8) is 0 Å². The van der Waals surface area contributed by atoms with Gasteiger partial charge in [0.2, 0.25) is 5.91 Å². The number of hydrogen-bond acceptors (Lipinski definition) is 3. The predicted octanol–water partition coefficient (Wildman–Crippen LogP) is 1.48. The van der Waals surface area contributed by atoms with Gasteiger partial charge < -0.3 is 5.32 Å². The van der Waals surface area contributed by atoms with E-state index >= 15 is 0 Å². The number of aromatic nitrogens is 1. The number of nitrogens with zero attached hydrogens (tertiary/aromatic N) is 2. The van der Waals surface area contributed by atoms with Crippen molar-refractivity contribution in [2.75, 3.05) is 20.1 Å². The molecule has 0 fully saturated rings. The van der Waals surface area contributed by atoms with Gasteiger partial charge in [0.05, 0.1) is 6.54 Å². The largest absolute Gasteiger partial charge is 0.358 e. The number of carbonyl (C=O) groups excluding carboxylic acids is 1. The summed E-state index contributed by atoms with van der Waals surface area (Å²) in [6.07, 6.45) is 2.92. The van der Waals surface area contributed by atoms with Gasteiger partial charge in [-0.05, 0) is 16.5 Å². The van der Waals surface area contributed by atoms with E-state index in [9.17, 15) is 4.79 Å². The van der Waals surface area contributed by atoms with E-state index < -0.39 is 0 Å². The smallest absolute Gasteiger partial charge is 0.233 e. The van der Waals surface area contributed by atoms with Gasteiger partial charge in [0.1, 0.15) is 0 Å². The normalized spacial score (nSPS) is 16.0. The first-order chi connectivity index (χ1) is 8.90. The van der Waals surface area contributed by atoms with Crippen LogP contribution in [0.25, 0.3) is 0 Å². The number of hydrogen-bond donors (Lipinski definition) is 1. The Hall–Kier alpha value is -1.42. The van der Waals surface area contributed by atoms with Crippen LogP contribution in [-0.4, -0.2) is 35.9 Å². The maximum absolute atomic E-state index is 11.4. The molecule has 0 saturated heterocycles. The standard InChI is InChI=1S/C15H23N3O/c1-15(2,3)12-7-11-9-18(10-14(19)16-4)6-5-13(11)17-8-12/h7-8H,5-6,9-10H2,1-4H3,(H,16,19). The Bertz CT molecular complexity index is 477. The Morgan fingerprint density at radius 3 is 2.84 bits per heavy atom. The Balaban J connectivity index is 2.16. The zero-order valence-corrected chi connectivity index (χ0v) is 12.3. The lowest BCUT2D eigenvalue weighted by Gasteiger charge is -2.29. The summed E-state index contributed by atoms with van der Waals surface area (Å²) in [7, 11) is 1.68. The highest BCUT2D eigenvalue weighted by molar-refractivity contribution is 5.77. The predicted molar refractivity (Wildman–Crippen MR) is 76.0 cm³/mol. The molecule has 0 bridgehead atoms. The average molecular weight is 261 g/mol. The van der Waals surface area contributed by atoms with E-state index in [4.69, 9.17) is 0 Å². The average Bonchev–Trinajstić information content (AvgIpc) is 2.36. The minimum Gasteiger partial charge on any atom is -0.358 e. The van der Waals surface area contributed by atoms with Crippen molar-refractivity contribution in [3.8, 4) is 0 Å². The first kappa shape index (κ1) is 14.0. The van der Waals surface area contributed by atoms with Crippen LogP contribution in [0, 0.1) is 0 Å². The quantitative estimate of drug-likeness (QED) is 0.877. The molecule has 0 atom stereocenters. The highest BCUT2D eigenvalue weighted by Crippen LogP contribution is 2.25. The first-order valence-electron chi connectivity index (χ1n) is 6.81. The molecule has 0 saturated carbocycles. The second-order valence-corrected chi connectivity index (χ2v) is 6.21. The molecule has 1 aromatic rings. The third-order valence-electron chi connectivity index (χ3n) is 3.63. The highest BCUT2D eigenvalue weighted by atomic mass is 16.1. The number of rotatable bonds is 2.